The van der Waals surface area contributed by atoms with Crippen molar-refractivity contribution in [1.82, 2.24) is 4.98 Å². The third-order valence-corrected chi connectivity index (χ3v) is 7.37. The lowest BCUT2D eigenvalue weighted by molar-refractivity contribution is 0.103. The predicted molar refractivity (Wildman–Crippen MR) is 117 cm³/mol. The number of nitrogens with zero attached hydrogens (tertiary/aromatic N) is 1. The van der Waals surface area contributed by atoms with Gasteiger partial charge in [0.1, 0.15) is 10.6 Å². The third kappa shape index (κ3) is 3.76. The summed E-state index contributed by atoms with van der Waals surface area (Å²) in [6.07, 6.45) is 0. The number of benzene rings is 3. The SMILES string of the molecule is Cc1ccc(S(=O)(=O)Nc2ccccc2C(C)(O)c2nc3ccccc3s2)cc1. The van der Waals surface area contributed by atoms with Crippen molar-refractivity contribution in [2.75, 3.05) is 4.72 Å². The Hall–Kier alpha value is -2.74. The summed E-state index contributed by atoms with van der Waals surface area (Å²) >= 11 is 1.39. The molecule has 0 saturated heterocycles. The van der Waals surface area contributed by atoms with Crippen LogP contribution in [0, 0.1) is 6.92 Å². The second-order valence-corrected chi connectivity index (χ2v) is 9.74. The van der Waals surface area contributed by atoms with Gasteiger partial charge in [-0.1, -0.05) is 48.0 Å². The zero-order chi connectivity index (χ0) is 20.6. The fraction of sp³-hybridized carbons (Fsp3) is 0.136. The van der Waals surface area contributed by atoms with Crippen LogP contribution in [0.15, 0.2) is 77.7 Å². The molecule has 1 heterocycles. The van der Waals surface area contributed by atoms with Gasteiger partial charge < -0.3 is 5.11 Å². The van der Waals surface area contributed by atoms with Gasteiger partial charge in [-0.2, -0.15) is 0 Å². The van der Waals surface area contributed by atoms with Gasteiger partial charge in [0.25, 0.3) is 10.0 Å². The molecule has 0 spiro atoms. The smallest absolute Gasteiger partial charge is 0.261 e. The molecule has 0 aliphatic carbocycles. The average molecular weight is 425 g/mol. The summed E-state index contributed by atoms with van der Waals surface area (Å²) in [6.45, 7) is 3.53. The maximum atomic E-state index is 12.9. The van der Waals surface area contributed by atoms with E-state index in [0.29, 0.717) is 16.3 Å². The summed E-state index contributed by atoms with van der Waals surface area (Å²) in [4.78, 5) is 4.72. The van der Waals surface area contributed by atoms with Crippen LogP contribution in [-0.2, 0) is 15.6 Å². The number of rotatable bonds is 5. The molecule has 5 nitrogen and oxygen atoms in total. The second-order valence-electron chi connectivity index (χ2n) is 7.02. The monoisotopic (exact) mass is 424 g/mol. The highest BCUT2D eigenvalue weighted by Gasteiger charge is 2.33. The zero-order valence-corrected chi connectivity index (χ0v) is 17.6. The van der Waals surface area contributed by atoms with E-state index in [1.165, 1.54) is 11.3 Å². The number of aryl methyl sites for hydroxylation is 1. The van der Waals surface area contributed by atoms with Crippen molar-refractivity contribution in [1.29, 1.82) is 0 Å². The van der Waals surface area contributed by atoms with Crippen molar-refractivity contribution < 1.29 is 13.5 Å². The van der Waals surface area contributed by atoms with E-state index >= 15 is 0 Å². The first kappa shape index (κ1) is 19.6. The molecule has 0 bridgehead atoms. The lowest BCUT2D eigenvalue weighted by Gasteiger charge is -2.24. The molecule has 4 rings (SSSR count). The van der Waals surface area contributed by atoms with Gasteiger partial charge in [0.05, 0.1) is 20.8 Å². The first-order valence-electron chi connectivity index (χ1n) is 9.05. The molecule has 3 aromatic carbocycles. The molecule has 0 fully saturated rings. The molecule has 2 N–H and O–H groups in total. The number of fused-ring (bicyclic) bond motifs is 1. The molecule has 0 amide bonds. The van der Waals surface area contributed by atoms with E-state index < -0.39 is 15.6 Å². The van der Waals surface area contributed by atoms with Crippen LogP contribution in [0.1, 0.15) is 23.1 Å². The Morgan fingerprint density at radius 1 is 0.966 bits per heavy atom. The van der Waals surface area contributed by atoms with Gasteiger partial charge >= 0.3 is 0 Å². The van der Waals surface area contributed by atoms with E-state index in [0.717, 1.165) is 15.8 Å². The minimum Gasteiger partial charge on any atom is -0.378 e. The van der Waals surface area contributed by atoms with E-state index in [2.05, 4.69) is 9.71 Å². The maximum Gasteiger partial charge on any atom is 0.261 e. The Balaban J connectivity index is 1.75. The molecule has 0 radical (unpaired) electrons. The summed E-state index contributed by atoms with van der Waals surface area (Å²) in [5.74, 6) is 0. The van der Waals surface area contributed by atoms with Crippen LogP contribution < -0.4 is 4.72 Å². The Labute approximate surface area is 173 Å². The minimum atomic E-state index is -3.80. The van der Waals surface area contributed by atoms with Gasteiger partial charge in [-0.3, -0.25) is 4.72 Å². The number of aromatic nitrogens is 1. The first-order chi connectivity index (χ1) is 13.8. The number of anilines is 1. The summed E-state index contributed by atoms with van der Waals surface area (Å²) in [5.41, 5.74) is 1.07. The van der Waals surface area contributed by atoms with Crippen molar-refractivity contribution in [3.63, 3.8) is 0 Å². The number of para-hydroxylation sites is 2. The van der Waals surface area contributed by atoms with Crippen molar-refractivity contribution in [3.8, 4) is 0 Å². The number of thiazole rings is 1. The number of sulfonamides is 1. The normalized spacial score (nSPS) is 13.9. The maximum absolute atomic E-state index is 12.9. The summed E-state index contributed by atoms with van der Waals surface area (Å²) in [7, 11) is -3.80. The predicted octanol–water partition coefficient (Wildman–Crippen LogP) is 4.66. The fourth-order valence-electron chi connectivity index (χ4n) is 3.11. The van der Waals surface area contributed by atoms with Crippen molar-refractivity contribution in [2.24, 2.45) is 0 Å². The van der Waals surface area contributed by atoms with Gasteiger partial charge in [0.2, 0.25) is 0 Å². The highest BCUT2D eigenvalue weighted by molar-refractivity contribution is 7.92. The van der Waals surface area contributed by atoms with E-state index in [9.17, 15) is 13.5 Å². The highest BCUT2D eigenvalue weighted by Crippen LogP contribution is 2.38. The van der Waals surface area contributed by atoms with Crippen LogP contribution in [0.2, 0.25) is 0 Å². The van der Waals surface area contributed by atoms with Gasteiger partial charge in [0, 0.05) is 5.56 Å². The van der Waals surface area contributed by atoms with Crippen LogP contribution in [0.5, 0.6) is 0 Å². The van der Waals surface area contributed by atoms with E-state index in [4.69, 9.17) is 0 Å². The molecule has 7 heteroatoms. The molecular formula is C22H20N2O3S2. The van der Waals surface area contributed by atoms with E-state index in [1.807, 2.05) is 31.2 Å². The van der Waals surface area contributed by atoms with Crippen LogP contribution >= 0.6 is 11.3 Å². The molecule has 1 unspecified atom stereocenters. The van der Waals surface area contributed by atoms with Gasteiger partial charge in [-0.25, -0.2) is 13.4 Å². The van der Waals surface area contributed by atoms with Crippen molar-refractivity contribution >= 4 is 37.3 Å². The summed E-state index contributed by atoms with van der Waals surface area (Å²) < 4.78 is 29.3. The standard InChI is InChI=1S/C22H20N2O3S2/c1-15-11-13-16(14-12-15)29(26,27)24-18-8-4-3-7-17(18)22(2,25)21-23-19-9-5-6-10-20(19)28-21/h3-14,24-25H,1-2H3. The van der Waals surface area contributed by atoms with Gasteiger partial charge in [-0.05, 0) is 44.2 Å². The van der Waals surface area contributed by atoms with Crippen LogP contribution in [0.3, 0.4) is 0 Å². The average Bonchev–Trinajstić information content (AvgIpc) is 3.13. The third-order valence-electron chi connectivity index (χ3n) is 4.74. The van der Waals surface area contributed by atoms with Crippen LogP contribution in [0.25, 0.3) is 10.2 Å². The van der Waals surface area contributed by atoms with Crippen molar-refractivity contribution in [3.05, 3.63) is 88.9 Å². The van der Waals surface area contributed by atoms with Crippen LogP contribution in [0.4, 0.5) is 5.69 Å². The van der Waals surface area contributed by atoms with E-state index in [-0.39, 0.29) is 4.90 Å². The Morgan fingerprint density at radius 2 is 1.62 bits per heavy atom. The van der Waals surface area contributed by atoms with Gasteiger partial charge in [0.15, 0.2) is 0 Å². The summed E-state index contributed by atoms with van der Waals surface area (Å²) in [5, 5.41) is 11.9. The molecule has 1 aromatic heterocycles. The molecule has 148 valence electrons. The minimum absolute atomic E-state index is 0.164. The molecule has 1 atom stereocenters. The first-order valence-corrected chi connectivity index (χ1v) is 11.3. The molecule has 0 aliphatic rings. The number of hydrogen-bond donors (Lipinski definition) is 2. The zero-order valence-electron chi connectivity index (χ0n) is 16.0. The molecular weight excluding hydrogens is 404 g/mol. The number of aliphatic hydroxyl groups is 1. The number of hydrogen-bond acceptors (Lipinski definition) is 5. The second kappa shape index (κ2) is 7.26. The summed E-state index contributed by atoms with van der Waals surface area (Å²) in [6, 6.07) is 21.1. The molecule has 4 aromatic rings. The lowest BCUT2D eigenvalue weighted by Crippen LogP contribution is -2.25. The van der Waals surface area contributed by atoms with E-state index in [1.54, 1.807) is 55.5 Å². The Kier molecular flexibility index (Phi) is 4.90. The Morgan fingerprint density at radius 3 is 2.34 bits per heavy atom. The highest BCUT2D eigenvalue weighted by atomic mass is 32.2. The van der Waals surface area contributed by atoms with Gasteiger partial charge in [-0.15, -0.1) is 11.3 Å². The molecule has 29 heavy (non-hydrogen) atoms. The largest absolute Gasteiger partial charge is 0.378 e. The Bertz CT molecular complexity index is 1240. The molecule has 0 aliphatic heterocycles. The lowest BCUT2D eigenvalue weighted by atomic mass is 9.95. The quantitative estimate of drug-likeness (QED) is 0.488. The fourth-order valence-corrected chi connectivity index (χ4v) is 5.22. The van der Waals surface area contributed by atoms with Crippen molar-refractivity contribution in [2.45, 2.75) is 24.3 Å². The van der Waals surface area contributed by atoms with Crippen LogP contribution in [-0.4, -0.2) is 18.5 Å². The number of nitrogens with one attached hydrogen (secondary N) is 1. The topological polar surface area (TPSA) is 79.3 Å². The molecule has 0 saturated carbocycles.